The van der Waals surface area contributed by atoms with E-state index in [1.807, 2.05) is 0 Å². The van der Waals surface area contributed by atoms with Crippen LogP contribution in [0, 0.1) is 0 Å². The maximum absolute atomic E-state index is 6.36. The number of benzene rings is 1. The number of hydrogen-bond donors (Lipinski definition) is 1. The fraction of sp³-hybridized carbons (Fsp3) is 0.625. The molecule has 2 aliphatic heterocycles. The van der Waals surface area contributed by atoms with E-state index in [1.165, 1.54) is 5.56 Å². The van der Waals surface area contributed by atoms with Gasteiger partial charge < -0.3 is 15.2 Å². The van der Waals surface area contributed by atoms with Gasteiger partial charge in [-0.1, -0.05) is 0 Å². The van der Waals surface area contributed by atoms with E-state index in [2.05, 4.69) is 31.0 Å². The van der Waals surface area contributed by atoms with E-state index in [1.54, 1.807) is 7.11 Å². The van der Waals surface area contributed by atoms with E-state index in [9.17, 15) is 0 Å². The molecule has 1 saturated heterocycles. The van der Waals surface area contributed by atoms with E-state index >= 15 is 0 Å². The minimum absolute atomic E-state index is 0.152. The molecular formula is C16H24N2O2. The summed E-state index contributed by atoms with van der Waals surface area (Å²) in [6.45, 7) is 3.18. The summed E-state index contributed by atoms with van der Waals surface area (Å²) in [5.41, 5.74) is 8.76. The van der Waals surface area contributed by atoms with Crippen LogP contribution in [0.25, 0.3) is 0 Å². The molecule has 3 atom stereocenters. The van der Waals surface area contributed by atoms with Crippen molar-refractivity contribution in [1.82, 2.24) is 4.90 Å². The molecule has 0 spiro atoms. The molecule has 0 aliphatic carbocycles. The molecule has 0 radical (unpaired) electrons. The van der Waals surface area contributed by atoms with Crippen LogP contribution in [-0.4, -0.2) is 37.7 Å². The zero-order chi connectivity index (χ0) is 14.3. The van der Waals surface area contributed by atoms with Gasteiger partial charge in [0.1, 0.15) is 17.6 Å². The Morgan fingerprint density at radius 2 is 2.20 bits per heavy atom. The summed E-state index contributed by atoms with van der Waals surface area (Å²) in [5, 5.41) is 0. The average molecular weight is 276 g/mol. The van der Waals surface area contributed by atoms with Gasteiger partial charge in [-0.2, -0.15) is 0 Å². The molecule has 1 fully saturated rings. The fourth-order valence-electron chi connectivity index (χ4n) is 3.53. The number of likely N-dealkylation sites (N-methyl/N-ethyl adjacent to an activating group) is 1. The molecule has 1 aromatic carbocycles. The lowest BCUT2D eigenvalue weighted by Gasteiger charge is -2.38. The minimum Gasteiger partial charge on any atom is -0.496 e. The highest BCUT2D eigenvalue weighted by atomic mass is 16.5. The summed E-state index contributed by atoms with van der Waals surface area (Å²) >= 11 is 0. The van der Waals surface area contributed by atoms with Gasteiger partial charge in [-0.05, 0) is 45.5 Å². The Morgan fingerprint density at radius 3 is 2.90 bits per heavy atom. The Kier molecular flexibility index (Phi) is 3.61. The van der Waals surface area contributed by atoms with Crippen molar-refractivity contribution in [3.05, 3.63) is 23.3 Å². The summed E-state index contributed by atoms with van der Waals surface area (Å²) in [5.74, 6) is 1.94. The number of fused-ring (bicyclic) bond motifs is 1. The van der Waals surface area contributed by atoms with Crippen LogP contribution in [0.1, 0.15) is 36.9 Å². The zero-order valence-electron chi connectivity index (χ0n) is 12.6. The summed E-state index contributed by atoms with van der Waals surface area (Å²) < 4.78 is 11.5. The van der Waals surface area contributed by atoms with Gasteiger partial charge in [-0.15, -0.1) is 0 Å². The summed E-state index contributed by atoms with van der Waals surface area (Å²) in [7, 11) is 3.87. The lowest BCUT2D eigenvalue weighted by molar-refractivity contribution is 0.159. The molecule has 0 bridgehead atoms. The van der Waals surface area contributed by atoms with Gasteiger partial charge in [-0.3, -0.25) is 4.90 Å². The topological polar surface area (TPSA) is 47.7 Å². The molecule has 3 unspecified atom stereocenters. The molecule has 3 rings (SSSR count). The van der Waals surface area contributed by atoms with Crippen LogP contribution >= 0.6 is 0 Å². The van der Waals surface area contributed by atoms with Crippen molar-refractivity contribution in [2.45, 2.75) is 44.4 Å². The smallest absolute Gasteiger partial charge is 0.124 e. The Balaban J connectivity index is 2.02. The monoisotopic (exact) mass is 276 g/mol. The molecular weight excluding hydrogens is 252 g/mol. The van der Waals surface area contributed by atoms with E-state index in [0.717, 1.165) is 42.9 Å². The normalized spacial score (nSPS) is 29.9. The quantitative estimate of drug-likeness (QED) is 0.899. The van der Waals surface area contributed by atoms with Crippen LogP contribution in [0.4, 0.5) is 0 Å². The Labute approximate surface area is 120 Å². The number of hydrogen-bond acceptors (Lipinski definition) is 4. The fourth-order valence-corrected chi connectivity index (χ4v) is 3.53. The molecule has 2 N–H and O–H groups in total. The molecule has 1 aromatic rings. The number of nitrogens with zero attached hydrogens (tertiary/aromatic N) is 1. The van der Waals surface area contributed by atoms with Crippen LogP contribution in [0.15, 0.2) is 12.1 Å². The first-order chi connectivity index (χ1) is 9.60. The maximum atomic E-state index is 6.36. The van der Waals surface area contributed by atoms with Gasteiger partial charge in [0.2, 0.25) is 0 Å². The van der Waals surface area contributed by atoms with Crippen LogP contribution in [0.2, 0.25) is 0 Å². The lowest BCUT2D eigenvalue weighted by atomic mass is 9.90. The van der Waals surface area contributed by atoms with Crippen molar-refractivity contribution in [2.75, 3.05) is 20.7 Å². The van der Waals surface area contributed by atoms with Gasteiger partial charge in [0.15, 0.2) is 0 Å². The molecule has 4 nitrogen and oxygen atoms in total. The van der Waals surface area contributed by atoms with Crippen LogP contribution in [0.3, 0.4) is 0 Å². The molecule has 4 heteroatoms. The number of rotatable bonds is 2. The third-order valence-corrected chi connectivity index (χ3v) is 4.50. The predicted octanol–water partition coefficient (Wildman–Crippen LogP) is 2.11. The lowest BCUT2D eigenvalue weighted by Crippen LogP contribution is -2.44. The zero-order valence-corrected chi connectivity index (χ0v) is 12.6. The minimum atomic E-state index is 0.152. The first-order valence-corrected chi connectivity index (χ1v) is 7.43. The molecule has 2 aliphatic rings. The molecule has 0 saturated carbocycles. The van der Waals surface area contributed by atoms with E-state index in [4.69, 9.17) is 15.2 Å². The average Bonchev–Trinajstić information content (AvgIpc) is 2.76. The second kappa shape index (κ2) is 5.26. The van der Waals surface area contributed by atoms with Crippen LogP contribution < -0.4 is 15.2 Å². The van der Waals surface area contributed by atoms with Crippen molar-refractivity contribution < 1.29 is 9.47 Å². The third kappa shape index (κ3) is 2.27. The highest BCUT2D eigenvalue weighted by molar-refractivity contribution is 5.50. The van der Waals surface area contributed by atoms with Gasteiger partial charge in [0.05, 0.1) is 13.2 Å². The number of likely N-dealkylation sites (tertiary alicyclic amines) is 1. The van der Waals surface area contributed by atoms with Crippen molar-refractivity contribution >= 4 is 0 Å². The maximum Gasteiger partial charge on any atom is 0.124 e. The van der Waals surface area contributed by atoms with Crippen molar-refractivity contribution in [3.8, 4) is 11.5 Å². The van der Waals surface area contributed by atoms with Crippen molar-refractivity contribution in [2.24, 2.45) is 5.73 Å². The van der Waals surface area contributed by atoms with E-state index < -0.39 is 0 Å². The third-order valence-electron chi connectivity index (χ3n) is 4.50. The number of nitrogens with two attached hydrogens (primary N) is 1. The van der Waals surface area contributed by atoms with Gasteiger partial charge >= 0.3 is 0 Å². The second-order valence-corrected chi connectivity index (χ2v) is 6.07. The summed E-state index contributed by atoms with van der Waals surface area (Å²) in [6, 6.07) is 4.64. The highest BCUT2D eigenvalue weighted by Crippen LogP contribution is 2.41. The number of piperidine rings is 1. The van der Waals surface area contributed by atoms with Gasteiger partial charge in [0.25, 0.3) is 0 Å². The standard InChI is InChI=1S/C16H24N2O2/c1-10-7-11-8-15(19-3)12(9-14(11)20-10)16-13(17)5-4-6-18(16)2/h8-10,13,16H,4-7,17H2,1-3H3. The SMILES string of the molecule is COc1cc2c(cc1C1C(N)CCCN1C)OC(C)C2. The Morgan fingerprint density at radius 1 is 1.40 bits per heavy atom. The first kappa shape index (κ1) is 13.7. The summed E-state index contributed by atoms with van der Waals surface area (Å²) in [6.07, 6.45) is 3.43. The number of methoxy groups -OCH3 is 1. The highest BCUT2D eigenvalue weighted by Gasteiger charge is 2.32. The molecule has 0 aromatic heterocycles. The van der Waals surface area contributed by atoms with E-state index in [-0.39, 0.29) is 18.2 Å². The molecule has 20 heavy (non-hydrogen) atoms. The molecule has 0 amide bonds. The van der Waals surface area contributed by atoms with Crippen molar-refractivity contribution in [3.63, 3.8) is 0 Å². The molecule has 2 heterocycles. The van der Waals surface area contributed by atoms with Gasteiger partial charge in [-0.25, -0.2) is 0 Å². The number of ether oxygens (including phenoxy) is 2. The molecule has 110 valence electrons. The summed E-state index contributed by atoms with van der Waals surface area (Å²) in [4.78, 5) is 2.33. The van der Waals surface area contributed by atoms with Gasteiger partial charge in [0, 0.05) is 23.6 Å². The largest absolute Gasteiger partial charge is 0.496 e. The van der Waals surface area contributed by atoms with Crippen molar-refractivity contribution in [1.29, 1.82) is 0 Å². The second-order valence-electron chi connectivity index (χ2n) is 6.07. The Bertz CT molecular complexity index is 493. The van der Waals surface area contributed by atoms with Crippen LogP contribution in [0.5, 0.6) is 11.5 Å². The predicted molar refractivity (Wildman–Crippen MR) is 79.4 cm³/mol. The first-order valence-electron chi connectivity index (χ1n) is 7.43. The Hall–Kier alpha value is -1.26. The van der Waals surface area contributed by atoms with E-state index in [0.29, 0.717) is 0 Å². The van der Waals surface area contributed by atoms with Crippen LogP contribution in [-0.2, 0) is 6.42 Å².